The average Bonchev–Trinajstić information content (AvgIpc) is 1.54. The summed E-state index contributed by atoms with van der Waals surface area (Å²) < 4.78 is 35.0. The zero-order valence-corrected chi connectivity index (χ0v) is 8.97. The number of hydrogen-bond donors (Lipinski definition) is 1. The standard InChI is InChI=1S/C5H13NS.ClHO4/c1-6(2,3)4-5-7;2-1(3,4)5/h4-5H2,1-3H3;(H,2,3,4,5). The Morgan fingerprint density at radius 1 is 1.08 bits per heavy atom. The summed E-state index contributed by atoms with van der Waals surface area (Å²) in [6.45, 7) is 1.14. The molecule has 0 aromatic carbocycles. The number of halogens is 1. The van der Waals surface area contributed by atoms with Crippen molar-refractivity contribution in [2.24, 2.45) is 0 Å². The van der Waals surface area contributed by atoms with Gasteiger partial charge in [-0.05, 0) is 0 Å². The Morgan fingerprint density at radius 2 is 1.33 bits per heavy atom. The lowest BCUT2D eigenvalue weighted by atomic mass is 10.6. The van der Waals surface area contributed by atoms with Crippen molar-refractivity contribution in [1.29, 1.82) is 0 Å². The van der Waals surface area contributed by atoms with Crippen LogP contribution >= 0.6 is 12.6 Å². The molecule has 0 spiro atoms. The summed E-state index contributed by atoms with van der Waals surface area (Å²) in [6.07, 6.45) is 0. The van der Waals surface area contributed by atoms with Crippen molar-refractivity contribution < 1.29 is 33.4 Å². The van der Waals surface area contributed by atoms with Gasteiger partial charge >= 0.3 is 0 Å². The van der Waals surface area contributed by atoms with E-state index < -0.39 is 10.2 Å². The van der Waals surface area contributed by atoms with Crippen LogP contribution in [0.3, 0.4) is 0 Å². The van der Waals surface area contributed by atoms with Gasteiger partial charge in [-0.1, -0.05) is 0 Å². The highest BCUT2D eigenvalue weighted by Crippen LogP contribution is 1.88. The third kappa shape index (κ3) is 47.2. The van der Waals surface area contributed by atoms with Crippen molar-refractivity contribution in [2.75, 3.05) is 33.4 Å². The Bertz CT molecular complexity index is 105. The Labute approximate surface area is 80.0 Å². The maximum atomic E-state index is 8.49. The molecular formula is C5H14ClNO4S. The van der Waals surface area contributed by atoms with Crippen molar-refractivity contribution in [2.45, 2.75) is 0 Å². The number of rotatable bonds is 2. The van der Waals surface area contributed by atoms with Gasteiger partial charge in [0.05, 0.1) is 27.7 Å². The smallest absolute Gasteiger partial charge is 0.0869 e. The molecule has 0 aromatic heterocycles. The quantitative estimate of drug-likeness (QED) is 0.377. The minimum atomic E-state index is -4.94. The summed E-state index contributed by atoms with van der Waals surface area (Å²) in [5.74, 6) is 0.976. The Hall–Kier alpha value is 0.440. The van der Waals surface area contributed by atoms with Crippen LogP contribution in [0, 0.1) is 10.2 Å². The van der Waals surface area contributed by atoms with Crippen LogP contribution in [-0.2, 0) is 0 Å². The summed E-state index contributed by atoms with van der Waals surface area (Å²) in [5.41, 5.74) is 0. The Balaban J connectivity index is 0. The second-order valence-corrected chi connectivity index (χ2v) is 4.32. The first-order chi connectivity index (χ1) is 5.06. The first kappa shape index (κ1) is 14.9. The van der Waals surface area contributed by atoms with Gasteiger partial charge in [-0.15, -0.1) is 10.2 Å². The first-order valence-electron chi connectivity index (χ1n) is 3.09. The van der Waals surface area contributed by atoms with Gasteiger partial charge in [0.1, 0.15) is 0 Å². The summed E-state index contributed by atoms with van der Waals surface area (Å²) >= 11 is 4.10. The molecule has 0 atom stereocenters. The fourth-order valence-electron chi connectivity index (χ4n) is 0.300. The van der Waals surface area contributed by atoms with E-state index in [9.17, 15) is 0 Å². The van der Waals surface area contributed by atoms with E-state index in [0.29, 0.717) is 0 Å². The zero-order valence-electron chi connectivity index (χ0n) is 7.32. The van der Waals surface area contributed by atoms with E-state index in [1.54, 1.807) is 0 Å². The molecule has 0 saturated heterocycles. The summed E-state index contributed by atoms with van der Waals surface area (Å²) in [5, 5.41) is 0. The second kappa shape index (κ2) is 5.98. The molecule has 0 radical (unpaired) electrons. The molecule has 0 unspecified atom stereocenters. The van der Waals surface area contributed by atoms with E-state index in [-0.39, 0.29) is 0 Å². The molecule has 7 heteroatoms. The molecule has 0 amide bonds. The van der Waals surface area contributed by atoms with E-state index in [1.807, 2.05) is 0 Å². The van der Waals surface area contributed by atoms with E-state index in [0.717, 1.165) is 16.8 Å². The van der Waals surface area contributed by atoms with Gasteiger partial charge in [-0.3, -0.25) is 0 Å². The lowest BCUT2D eigenvalue weighted by Gasteiger charge is -2.22. The highest BCUT2D eigenvalue weighted by molar-refractivity contribution is 7.80. The predicted octanol–water partition coefficient (Wildman–Crippen LogP) is -4.13. The zero-order chi connectivity index (χ0) is 10.4. The van der Waals surface area contributed by atoms with Crippen LogP contribution < -0.4 is 18.6 Å². The molecule has 0 aliphatic carbocycles. The molecule has 0 aromatic rings. The molecule has 0 rings (SSSR count). The van der Waals surface area contributed by atoms with Crippen molar-refractivity contribution in [3.05, 3.63) is 0 Å². The molecule has 0 heterocycles. The largest absolute Gasteiger partial charge is 0.330 e. The maximum Gasteiger partial charge on any atom is 0.0869 e. The summed E-state index contributed by atoms with van der Waals surface area (Å²) in [4.78, 5) is 0. The predicted molar refractivity (Wildman–Crippen MR) is 36.8 cm³/mol. The van der Waals surface area contributed by atoms with Gasteiger partial charge in [0, 0.05) is 5.75 Å². The second-order valence-electron chi connectivity index (χ2n) is 3.12. The topological polar surface area (TPSA) is 92.2 Å². The number of nitrogens with zero attached hydrogens (tertiary/aromatic N) is 1. The number of hydrogen-bond acceptors (Lipinski definition) is 5. The highest BCUT2D eigenvalue weighted by Gasteiger charge is 2.01. The third-order valence-electron chi connectivity index (χ3n) is 0.771. The van der Waals surface area contributed by atoms with E-state index in [2.05, 4.69) is 33.8 Å². The molecule has 0 saturated carbocycles. The van der Waals surface area contributed by atoms with Crippen LogP contribution in [-0.4, -0.2) is 37.9 Å². The number of thiol groups is 1. The van der Waals surface area contributed by atoms with Gasteiger partial charge in [-0.25, -0.2) is 18.6 Å². The molecule has 0 aliphatic heterocycles. The monoisotopic (exact) mass is 219 g/mol. The minimum absolute atomic E-state index is 0.976. The Morgan fingerprint density at radius 3 is 1.33 bits per heavy atom. The van der Waals surface area contributed by atoms with E-state index in [4.69, 9.17) is 18.6 Å². The summed E-state index contributed by atoms with van der Waals surface area (Å²) in [6, 6.07) is 0. The molecule has 0 fully saturated rings. The lowest BCUT2D eigenvalue weighted by Crippen LogP contribution is -2.68. The van der Waals surface area contributed by atoms with Crippen LogP contribution in [0.4, 0.5) is 0 Å². The van der Waals surface area contributed by atoms with Crippen molar-refractivity contribution in [3.63, 3.8) is 0 Å². The van der Waals surface area contributed by atoms with Gasteiger partial charge in [0.25, 0.3) is 0 Å². The average molecular weight is 220 g/mol. The molecule has 0 N–H and O–H groups in total. The van der Waals surface area contributed by atoms with Crippen molar-refractivity contribution in [1.82, 2.24) is 0 Å². The van der Waals surface area contributed by atoms with Gasteiger partial charge in [0.15, 0.2) is 0 Å². The summed E-state index contributed by atoms with van der Waals surface area (Å²) in [7, 11) is 1.54. The molecular weight excluding hydrogens is 206 g/mol. The normalized spacial score (nSPS) is 12.0. The van der Waals surface area contributed by atoms with Crippen LogP contribution in [0.1, 0.15) is 0 Å². The molecule has 76 valence electrons. The molecule has 12 heavy (non-hydrogen) atoms. The van der Waals surface area contributed by atoms with Crippen molar-refractivity contribution in [3.8, 4) is 0 Å². The SMILES string of the molecule is C[N+](C)(C)CCS.[O-][Cl+3]([O-])([O-])[O-]. The first-order valence-corrected chi connectivity index (χ1v) is 4.96. The van der Waals surface area contributed by atoms with Gasteiger partial charge < -0.3 is 4.48 Å². The van der Waals surface area contributed by atoms with E-state index >= 15 is 0 Å². The van der Waals surface area contributed by atoms with Crippen LogP contribution in [0.15, 0.2) is 0 Å². The Kier molecular flexibility index (Phi) is 7.44. The van der Waals surface area contributed by atoms with Crippen LogP contribution in [0.2, 0.25) is 0 Å². The highest BCUT2D eigenvalue weighted by atomic mass is 35.7. The van der Waals surface area contributed by atoms with Gasteiger partial charge in [-0.2, -0.15) is 12.6 Å². The molecule has 5 nitrogen and oxygen atoms in total. The fourth-order valence-corrected chi connectivity index (χ4v) is 0.900. The number of quaternary nitrogens is 1. The van der Waals surface area contributed by atoms with Gasteiger partial charge in [0.2, 0.25) is 0 Å². The van der Waals surface area contributed by atoms with E-state index in [1.165, 1.54) is 0 Å². The third-order valence-corrected chi connectivity index (χ3v) is 0.971. The lowest BCUT2D eigenvalue weighted by molar-refractivity contribution is -2.00. The van der Waals surface area contributed by atoms with Crippen molar-refractivity contribution >= 4 is 12.6 Å². The fraction of sp³-hybridized carbons (Fsp3) is 1.00. The van der Waals surface area contributed by atoms with Crippen LogP contribution in [0.25, 0.3) is 0 Å². The minimum Gasteiger partial charge on any atom is -0.330 e. The molecule has 0 bridgehead atoms. The molecule has 0 aliphatic rings. The van der Waals surface area contributed by atoms with Crippen LogP contribution in [0.5, 0.6) is 0 Å². The maximum absolute atomic E-state index is 8.49.